The summed E-state index contributed by atoms with van der Waals surface area (Å²) < 4.78 is 11.3. The molecule has 0 radical (unpaired) electrons. The summed E-state index contributed by atoms with van der Waals surface area (Å²) in [6.07, 6.45) is 6.83. The number of methoxy groups -OCH3 is 1. The molecule has 1 aliphatic carbocycles. The molecule has 2 atom stereocenters. The summed E-state index contributed by atoms with van der Waals surface area (Å²) in [5, 5.41) is 8.88. The van der Waals surface area contributed by atoms with E-state index in [9.17, 15) is 0 Å². The second-order valence-electron chi connectivity index (χ2n) is 7.01. The fourth-order valence-corrected chi connectivity index (χ4v) is 4.49. The second kappa shape index (κ2) is 7.65. The first-order valence-electron chi connectivity index (χ1n) is 8.83. The van der Waals surface area contributed by atoms with Crippen LogP contribution in [0.4, 0.5) is 0 Å². The van der Waals surface area contributed by atoms with Gasteiger partial charge in [0, 0.05) is 25.6 Å². The lowest BCUT2D eigenvalue weighted by Crippen LogP contribution is -2.47. The summed E-state index contributed by atoms with van der Waals surface area (Å²) >= 11 is 0. The number of rotatable bonds is 6. The van der Waals surface area contributed by atoms with Crippen LogP contribution in [0.2, 0.25) is 0 Å². The normalized spacial score (nSPS) is 28.3. The van der Waals surface area contributed by atoms with E-state index in [-0.39, 0.29) is 6.61 Å². The molecule has 1 aromatic rings. The third kappa shape index (κ3) is 3.87. The topological polar surface area (TPSA) is 41.9 Å². The van der Waals surface area contributed by atoms with Crippen molar-refractivity contribution in [2.24, 2.45) is 5.41 Å². The molecule has 1 saturated carbocycles. The van der Waals surface area contributed by atoms with Crippen LogP contribution in [0.25, 0.3) is 0 Å². The van der Waals surface area contributed by atoms with Gasteiger partial charge in [-0.25, -0.2) is 0 Å². The van der Waals surface area contributed by atoms with Crippen LogP contribution in [-0.4, -0.2) is 49.5 Å². The quantitative estimate of drug-likeness (QED) is 0.875. The minimum absolute atomic E-state index is 0.0529. The van der Waals surface area contributed by atoms with Crippen LogP contribution in [0, 0.1) is 5.41 Å². The first-order valence-corrected chi connectivity index (χ1v) is 8.83. The zero-order valence-corrected chi connectivity index (χ0v) is 14.2. The molecule has 2 fully saturated rings. The van der Waals surface area contributed by atoms with Gasteiger partial charge in [0.25, 0.3) is 0 Å². The smallest absolute Gasteiger partial charge is 0.119 e. The standard InChI is InChI=1S/C19H29NO3/c1-22-18-7-3-8-19(18)9-4-10-20(15-19)14-16-5-2-6-17(13-16)23-12-11-21/h2,5-6,13,18,21H,3-4,7-12,14-15H2,1H3/t18-,19-/m1/s1. The Labute approximate surface area is 139 Å². The molecule has 1 spiro atoms. The van der Waals surface area contributed by atoms with Gasteiger partial charge in [-0.3, -0.25) is 4.90 Å². The Bertz CT molecular complexity index is 507. The largest absolute Gasteiger partial charge is 0.491 e. The minimum Gasteiger partial charge on any atom is -0.491 e. The number of aliphatic hydroxyl groups is 1. The summed E-state index contributed by atoms with van der Waals surface area (Å²) in [6, 6.07) is 8.25. The summed E-state index contributed by atoms with van der Waals surface area (Å²) in [4.78, 5) is 2.58. The van der Waals surface area contributed by atoms with E-state index in [0.29, 0.717) is 18.1 Å². The van der Waals surface area contributed by atoms with Crippen molar-refractivity contribution in [3.8, 4) is 5.75 Å². The molecule has 4 heteroatoms. The van der Waals surface area contributed by atoms with Crippen LogP contribution in [0.15, 0.2) is 24.3 Å². The van der Waals surface area contributed by atoms with Gasteiger partial charge in [-0.2, -0.15) is 0 Å². The molecule has 1 N–H and O–H groups in total. The molecule has 1 aliphatic heterocycles. The average Bonchev–Trinajstić information content (AvgIpc) is 2.95. The van der Waals surface area contributed by atoms with Gasteiger partial charge < -0.3 is 14.6 Å². The zero-order chi connectivity index (χ0) is 16.1. The van der Waals surface area contributed by atoms with Gasteiger partial charge in [0.1, 0.15) is 12.4 Å². The van der Waals surface area contributed by atoms with Gasteiger partial charge >= 0.3 is 0 Å². The maximum absolute atomic E-state index is 8.88. The molecule has 3 rings (SSSR count). The van der Waals surface area contributed by atoms with Crippen LogP contribution in [0.1, 0.15) is 37.7 Å². The first-order chi connectivity index (χ1) is 11.3. The van der Waals surface area contributed by atoms with Gasteiger partial charge in [-0.05, 0) is 49.9 Å². The van der Waals surface area contributed by atoms with Gasteiger partial charge in [-0.15, -0.1) is 0 Å². The number of nitrogens with zero attached hydrogens (tertiary/aromatic N) is 1. The van der Waals surface area contributed by atoms with Crippen molar-refractivity contribution in [2.75, 3.05) is 33.4 Å². The van der Waals surface area contributed by atoms with E-state index in [0.717, 1.165) is 18.8 Å². The van der Waals surface area contributed by atoms with E-state index in [2.05, 4.69) is 17.0 Å². The van der Waals surface area contributed by atoms with E-state index in [1.54, 1.807) is 0 Å². The fourth-order valence-electron chi connectivity index (χ4n) is 4.49. The molecule has 4 nitrogen and oxygen atoms in total. The van der Waals surface area contributed by atoms with E-state index in [1.165, 1.54) is 44.2 Å². The second-order valence-corrected chi connectivity index (χ2v) is 7.01. The fraction of sp³-hybridized carbons (Fsp3) is 0.684. The molecular weight excluding hydrogens is 290 g/mol. The van der Waals surface area contributed by atoms with Gasteiger partial charge in [0.2, 0.25) is 0 Å². The third-order valence-corrected chi connectivity index (χ3v) is 5.46. The first kappa shape index (κ1) is 16.7. The number of piperidine rings is 1. The predicted octanol–water partition coefficient (Wildman–Crippen LogP) is 2.84. The number of benzene rings is 1. The van der Waals surface area contributed by atoms with Crippen LogP contribution in [-0.2, 0) is 11.3 Å². The van der Waals surface area contributed by atoms with E-state index < -0.39 is 0 Å². The van der Waals surface area contributed by atoms with E-state index in [1.807, 2.05) is 19.2 Å². The highest BCUT2D eigenvalue weighted by molar-refractivity contribution is 5.28. The van der Waals surface area contributed by atoms with Crippen molar-refractivity contribution < 1.29 is 14.6 Å². The molecular formula is C19H29NO3. The van der Waals surface area contributed by atoms with Crippen molar-refractivity contribution in [3.63, 3.8) is 0 Å². The van der Waals surface area contributed by atoms with Crippen molar-refractivity contribution >= 4 is 0 Å². The van der Waals surface area contributed by atoms with Crippen molar-refractivity contribution in [3.05, 3.63) is 29.8 Å². The average molecular weight is 319 g/mol. The Hall–Kier alpha value is -1.10. The molecule has 0 unspecified atom stereocenters. The Morgan fingerprint density at radius 2 is 2.17 bits per heavy atom. The lowest BCUT2D eigenvalue weighted by Gasteiger charge is -2.43. The molecule has 128 valence electrons. The van der Waals surface area contributed by atoms with Crippen molar-refractivity contribution in [2.45, 2.75) is 44.8 Å². The lowest BCUT2D eigenvalue weighted by molar-refractivity contribution is -0.0366. The zero-order valence-electron chi connectivity index (χ0n) is 14.2. The highest BCUT2D eigenvalue weighted by Gasteiger charge is 2.45. The van der Waals surface area contributed by atoms with Gasteiger partial charge in [0.05, 0.1) is 12.7 Å². The number of hydrogen-bond acceptors (Lipinski definition) is 4. The molecule has 2 aliphatic rings. The van der Waals surface area contributed by atoms with Crippen molar-refractivity contribution in [1.82, 2.24) is 4.90 Å². The SMILES string of the molecule is CO[C@@H]1CCC[C@]12CCCN(Cc1cccc(OCCO)c1)C2. The summed E-state index contributed by atoms with van der Waals surface area (Å²) in [7, 11) is 1.87. The predicted molar refractivity (Wildman–Crippen MR) is 90.6 cm³/mol. The van der Waals surface area contributed by atoms with Crippen LogP contribution in [0.3, 0.4) is 0 Å². The molecule has 23 heavy (non-hydrogen) atoms. The Morgan fingerprint density at radius 1 is 1.30 bits per heavy atom. The Morgan fingerprint density at radius 3 is 3.00 bits per heavy atom. The molecule has 1 saturated heterocycles. The molecule has 0 amide bonds. The van der Waals surface area contributed by atoms with Gasteiger partial charge in [0.15, 0.2) is 0 Å². The summed E-state index contributed by atoms with van der Waals surface area (Å²) in [5.74, 6) is 0.846. The summed E-state index contributed by atoms with van der Waals surface area (Å²) in [6.45, 7) is 3.69. The van der Waals surface area contributed by atoms with Crippen molar-refractivity contribution in [1.29, 1.82) is 0 Å². The lowest BCUT2D eigenvalue weighted by atomic mass is 9.76. The number of aliphatic hydroxyl groups excluding tert-OH is 1. The molecule has 0 bridgehead atoms. The van der Waals surface area contributed by atoms with Crippen LogP contribution < -0.4 is 4.74 Å². The molecule has 1 aromatic carbocycles. The highest BCUT2D eigenvalue weighted by Crippen LogP contribution is 2.46. The maximum Gasteiger partial charge on any atom is 0.119 e. The molecule has 0 aromatic heterocycles. The summed E-state index contributed by atoms with van der Waals surface area (Å²) in [5.41, 5.74) is 1.65. The van der Waals surface area contributed by atoms with Crippen LogP contribution in [0.5, 0.6) is 5.75 Å². The Balaban J connectivity index is 1.63. The highest BCUT2D eigenvalue weighted by atomic mass is 16.5. The minimum atomic E-state index is 0.0529. The maximum atomic E-state index is 8.88. The molecule has 1 heterocycles. The Kier molecular flexibility index (Phi) is 5.57. The number of likely N-dealkylation sites (tertiary alicyclic amines) is 1. The monoisotopic (exact) mass is 319 g/mol. The van der Waals surface area contributed by atoms with Gasteiger partial charge in [-0.1, -0.05) is 18.6 Å². The third-order valence-electron chi connectivity index (χ3n) is 5.46. The number of hydrogen-bond donors (Lipinski definition) is 1. The van der Waals surface area contributed by atoms with Crippen LogP contribution >= 0.6 is 0 Å². The number of ether oxygens (including phenoxy) is 2. The van der Waals surface area contributed by atoms with E-state index >= 15 is 0 Å². The van der Waals surface area contributed by atoms with E-state index in [4.69, 9.17) is 14.6 Å².